The zero-order valence-corrected chi connectivity index (χ0v) is 17.3. The van der Waals surface area contributed by atoms with E-state index >= 15 is 0 Å². The van der Waals surface area contributed by atoms with Gasteiger partial charge in [-0.15, -0.1) is 0 Å². The highest BCUT2D eigenvalue weighted by atomic mass is 16.3. The Morgan fingerprint density at radius 1 is 0.964 bits per heavy atom. The highest BCUT2D eigenvalue weighted by molar-refractivity contribution is 5.30. The van der Waals surface area contributed by atoms with Crippen LogP contribution in [-0.2, 0) is 5.60 Å². The van der Waals surface area contributed by atoms with Crippen LogP contribution < -0.4 is 0 Å². The van der Waals surface area contributed by atoms with Crippen LogP contribution in [0.25, 0.3) is 0 Å². The number of pyridine rings is 1. The van der Waals surface area contributed by atoms with Crippen molar-refractivity contribution < 1.29 is 15.3 Å². The predicted octanol–water partition coefficient (Wildman–Crippen LogP) is 3.79. The first-order chi connectivity index (χ1) is 13.2. The molecular formula is C24H35NO3. The fraction of sp³-hybridized carbons (Fsp3) is 0.792. The van der Waals surface area contributed by atoms with Crippen LogP contribution in [0.5, 0.6) is 0 Å². The largest absolute Gasteiger partial charge is 0.393 e. The van der Waals surface area contributed by atoms with E-state index in [1.807, 2.05) is 12.1 Å². The Morgan fingerprint density at radius 3 is 2.54 bits per heavy atom. The topological polar surface area (TPSA) is 73.6 Å². The van der Waals surface area contributed by atoms with Crippen molar-refractivity contribution in [3.05, 3.63) is 30.1 Å². The molecule has 4 saturated carbocycles. The molecule has 0 aliphatic heterocycles. The molecule has 3 N–H and O–H groups in total. The fourth-order valence-corrected chi connectivity index (χ4v) is 8.29. The minimum atomic E-state index is -1.01. The van der Waals surface area contributed by atoms with Gasteiger partial charge in [0.2, 0.25) is 0 Å². The van der Waals surface area contributed by atoms with Gasteiger partial charge in [-0.05, 0) is 87.0 Å². The third-order valence-electron chi connectivity index (χ3n) is 10.1. The van der Waals surface area contributed by atoms with Crippen LogP contribution in [0.4, 0.5) is 0 Å². The molecule has 0 aromatic carbocycles. The third-order valence-corrected chi connectivity index (χ3v) is 10.1. The average molecular weight is 386 g/mol. The Bertz CT molecular complexity index is 755. The van der Waals surface area contributed by atoms with Gasteiger partial charge in [-0.1, -0.05) is 19.9 Å². The van der Waals surface area contributed by atoms with E-state index in [2.05, 4.69) is 18.8 Å². The van der Waals surface area contributed by atoms with Crippen LogP contribution >= 0.6 is 0 Å². The summed E-state index contributed by atoms with van der Waals surface area (Å²) in [7, 11) is 0. The Balaban J connectivity index is 1.52. The molecule has 4 fully saturated rings. The lowest BCUT2D eigenvalue weighted by molar-refractivity contribution is -0.238. The van der Waals surface area contributed by atoms with Gasteiger partial charge in [-0.25, -0.2) is 0 Å². The summed E-state index contributed by atoms with van der Waals surface area (Å²) in [6.45, 7) is 4.55. The SMILES string of the molecule is C[C@]12CC[C@H](O)C[C@H]1CC[C@@H]1[C@@H]2CC[C@]2(C)[C@](O)(c3cccnc3)CC[C@]12O. The van der Waals surface area contributed by atoms with Crippen molar-refractivity contribution in [2.45, 2.75) is 88.9 Å². The maximum atomic E-state index is 12.2. The summed E-state index contributed by atoms with van der Waals surface area (Å²) in [5, 5.41) is 34.3. The van der Waals surface area contributed by atoms with E-state index in [1.165, 1.54) is 0 Å². The number of nitrogens with zero attached hydrogens (tertiary/aromatic N) is 1. The zero-order chi connectivity index (χ0) is 19.8. The van der Waals surface area contributed by atoms with Crippen LogP contribution in [0.15, 0.2) is 24.5 Å². The van der Waals surface area contributed by atoms with E-state index in [-0.39, 0.29) is 17.4 Å². The molecule has 5 rings (SSSR count). The van der Waals surface area contributed by atoms with Crippen LogP contribution in [-0.4, -0.2) is 32.0 Å². The van der Waals surface area contributed by atoms with Crippen LogP contribution in [0.1, 0.15) is 77.2 Å². The second kappa shape index (κ2) is 6.02. The lowest BCUT2D eigenvalue weighted by Crippen LogP contribution is -2.64. The Kier molecular flexibility index (Phi) is 4.09. The minimum Gasteiger partial charge on any atom is -0.393 e. The van der Waals surface area contributed by atoms with Crippen molar-refractivity contribution in [1.29, 1.82) is 0 Å². The van der Waals surface area contributed by atoms with E-state index in [1.54, 1.807) is 12.4 Å². The molecule has 0 spiro atoms. The van der Waals surface area contributed by atoms with Gasteiger partial charge in [0.15, 0.2) is 0 Å². The lowest BCUT2D eigenvalue weighted by atomic mass is 9.43. The summed E-state index contributed by atoms with van der Waals surface area (Å²) in [5.74, 6) is 1.31. The smallest absolute Gasteiger partial charge is 0.0993 e. The van der Waals surface area contributed by atoms with Crippen molar-refractivity contribution in [3.63, 3.8) is 0 Å². The quantitative estimate of drug-likeness (QED) is 0.688. The van der Waals surface area contributed by atoms with Gasteiger partial charge in [0, 0.05) is 23.4 Å². The summed E-state index contributed by atoms with van der Waals surface area (Å²) >= 11 is 0. The fourth-order valence-electron chi connectivity index (χ4n) is 8.29. The van der Waals surface area contributed by atoms with E-state index in [4.69, 9.17) is 0 Å². The number of aromatic nitrogens is 1. The molecule has 0 amide bonds. The van der Waals surface area contributed by atoms with Crippen molar-refractivity contribution in [2.75, 3.05) is 0 Å². The van der Waals surface area contributed by atoms with E-state index in [9.17, 15) is 15.3 Å². The number of fused-ring (bicyclic) bond motifs is 5. The molecule has 0 unspecified atom stereocenters. The van der Waals surface area contributed by atoms with Gasteiger partial charge in [0.25, 0.3) is 0 Å². The number of aliphatic hydroxyl groups is 3. The molecule has 4 aliphatic carbocycles. The zero-order valence-electron chi connectivity index (χ0n) is 17.3. The van der Waals surface area contributed by atoms with Gasteiger partial charge in [0.1, 0.15) is 0 Å². The van der Waals surface area contributed by atoms with Gasteiger partial charge in [0.05, 0.1) is 17.3 Å². The second-order valence-corrected chi connectivity index (χ2v) is 10.8. The first-order valence-electron chi connectivity index (χ1n) is 11.3. The standard InChI is InChI=1S/C24H35NO3/c1-21-9-7-18(26)14-16(21)5-6-20-19(21)8-10-22(2)23(27,11-12-24(20,22)28)17-4-3-13-25-15-17/h3-4,13,15-16,18-20,26-28H,5-12,14H2,1-2H3/t16-,18+,19+,20-,21+,22-,23-,24+/m1/s1. The molecule has 28 heavy (non-hydrogen) atoms. The molecule has 4 aliphatic rings. The summed E-state index contributed by atoms with van der Waals surface area (Å²) in [4.78, 5) is 4.25. The molecule has 0 bridgehead atoms. The van der Waals surface area contributed by atoms with Crippen LogP contribution in [0.3, 0.4) is 0 Å². The number of hydrogen-bond donors (Lipinski definition) is 3. The molecule has 1 heterocycles. The van der Waals surface area contributed by atoms with Crippen molar-refractivity contribution in [2.24, 2.45) is 28.6 Å². The van der Waals surface area contributed by atoms with Gasteiger partial charge >= 0.3 is 0 Å². The monoisotopic (exact) mass is 385 g/mol. The molecule has 4 nitrogen and oxygen atoms in total. The van der Waals surface area contributed by atoms with Crippen molar-refractivity contribution >= 4 is 0 Å². The Morgan fingerprint density at radius 2 is 1.79 bits per heavy atom. The molecule has 1 aromatic heterocycles. The molecular weight excluding hydrogens is 350 g/mol. The molecule has 1 aromatic rings. The first kappa shape index (κ1) is 19.0. The van der Waals surface area contributed by atoms with Crippen LogP contribution in [0, 0.1) is 28.6 Å². The Labute approximate surface area is 168 Å². The van der Waals surface area contributed by atoms with Crippen molar-refractivity contribution in [3.8, 4) is 0 Å². The normalized spacial score (nSPS) is 53.2. The highest BCUT2D eigenvalue weighted by Crippen LogP contribution is 2.71. The molecule has 4 heteroatoms. The van der Waals surface area contributed by atoms with E-state index in [0.29, 0.717) is 24.7 Å². The lowest BCUT2D eigenvalue weighted by Gasteiger charge is -2.64. The van der Waals surface area contributed by atoms with Crippen molar-refractivity contribution in [1.82, 2.24) is 4.98 Å². The van der Waals surface area contributed by atoms with Crippen LogP contribution in [0.2, 0.25) is 0 Å². The summed E-state index contributed by atoms with van der Waals surface area (Å²) in [5.41, 5.74) is -1.31. The first-order valence-corrected chi connectivity index (χ1v) is 11.3. The van der Waals surface area contributed by atoms with Gasteiger partial charge in [-0.3, -0.25) is 4.98 Å². The maximum absolute atomic E-state index is 12.2. The van der Waals surface area contributed by atoms with E-state index in [0.717, 1.165) is 50.5 Å². The number of hydrogen-bond acceptors (Lipinski definition) is 4. The number of rotatable bonds is 1. The number of aliphatic hydroxyl groups excluding tert-OH is 1. The van der Waals surface area contributed by atoms with Gasteiger partial charge in [-0.2, -0.15) is 0 Å². The Hall–Kier alpha value is -0.970. The molecule has 0 saturated heterocycles. The summed E-state index contributed by atoms with van der Waals surface area (Å²) in [6, 6.07) is 3.86. The predicted molar refractivity (Wildman–Crippen MR) is 107 cm³/mol. The summed E-state index contributed by atoms with van der Waals surface area (Å²) in [6.07, 6.45) is 11.6. The molecule has 8 atom stereocenters. The summed E-state index contributed by atoms with van der Waals surface area (Å²) < 4.78 is 0. The highest BCUT2D eigenvalue weighted by Gasteiger charge is 2.72. The third kappa shape index (κ3) is 2.20. The average Bonchev–Trinajstić information content (AvgIpc) is 2.91. The maximum Gasteiger partial charge on any atom is 0.0993 e. The minimum absolute atomic E-state index is 0.145. The second-order valence-electron chi connectivity index (χ2n) is 10.8. The molecule has 154 valence electrons. The van der Waals surface area contributed by atoms with Gasteiger partial charge < -0.3 is 15.3 Å². The van der Waals surface area contributed by atoms with E-state index < -0.39 is 16.6 Å². The molecule has 0 radical (unpaired) electrons.